The van der Waals surface area contributed by atoms with Crippen LogP contribution in [0.1, 0.15) is 0 Å². The third-order valence-electron chi connectivity index (χ3n) is 0.272. The molecule has 0 N–H and O–H groups in total. The molecule has 0 bridgehead atoms. The predicted molar refractivity (Wildman–Crippen MR) is 20.3 cm³/mol. The Hall–Kier alpha value is -0.341. The van der Waals surface area contributed by atoms with E-state index in [2.05, 4.69) is 0 Å². The van der Waals surface area contributed by atoms with Crippen LogP contribution in [0.4, 0.5) is 0 Å². The van der Waals surface area contributed by atoms with E-state index in [1.54, 1.807) is 0 Å². The quantitative estimate of drug-likeness (QED) is 0.634. The standard InChI is InChI=1S/3CHO.Ir/c3*1-2;/h3*1H;. The van der Waals surface area contributed by atoms with E-state index in [1.165, 1.54) is 0 Å². The number of hydrogen-bond donors (Lipinski definition) is 0. The molecule has 0 aromatic carbocycles. The first kappa shape index (κ1) is 6.66. The summed E-state index contributed by atoms with van der Waals surface area (Å²) in [6.45, 7) is 0. The number of carbonyl (C=O) groups is 3. The molecule has 0 aliphatic carbocycles. The van der Waals surface area contributed by atoms with Gasteiger partial charge in [-0.15, -0.1) is 0 Å². The summed E-state index contributed by atoms with van der Waals surface area (Å²) in [6, 6.07) is 0. The van der Waals surface area contributed by atoms with Gasteiger partial charge in [0.25, 0.3) is 0 Å². The van der Waals surface area contributed by atoms with Gasteiger partial charge in [0.05, 0.1) is 0 Å². The van der Waals surface area contributed by atoms with Gasteiger partial charge in [-0.05, 0) is 0 Å². The van der Waals surface area contributed by atoms with Gasteiger partial charge in [-0.25, -0.2) is 0 Å². The van der Waals surface area contributed by atoms with Crippen LogP contribution in [-0.4, -0.2) is 14.4 Å². The second kappa shape index (κ2) is 3.84. The van der Waals surface area contributed by atoms with Crippen molar-refractivity contribution in [3.63, 3.8) is 0 Å². The first-order valence-corrected chi connectivity index (χ1v) is 5.43. The molecule has 0 saturated carbocycles. The van der Waals surface area contributed by atoms with Crippen LogP contribution in [0.15, 0.2) is 0 Å². The topological polar surface area (TPSA) is 51.2 Å². The third-order valence-corrected chi connectivity index (χ3v) is 2.23. The van der Waals surface area contributed by atoms with Crippen LogP contribution in [0.3, 0.4) is 0 Å². The Kier molecular flexibility index (Phi) is 3.65. The first-order chi connectivity index (χ1) is 3.35. The fourth-order valence-electron chi connectivity index (χ4n) is 0.0556. The normalized spacial score (nSPS) is 9.43. The van der Waals surface area contributed by atoms with Crippen LogP contribution < -0.4 is 0 Å². The molecule has 0 aliphatic heterocycles. The average molecular weight is 279 g/mol. The van der Waals surface area contributed by atoms with Gasteiger partial charge in [-0.3, -0.25) is 0 Å². The molecule has 0 aromatic rings. The molecule has 42 valence electrons. The van der Waals surface area contributed by atoms with Crippen LogP contribution in [-0.2, 0) is 30.9 Å². The predicted octanol–water partition coefficient (Wildman–Crippen LogP) is -0.825. The van der Waals surface area contributed by atoms with Crippen molar-refractivity contribution < 1.29 is 30.9 Å². The molecule has 0 atom stereocenters. The molecule has 7 heavy (non-hydrogen) atoms. The zero-order valence-corrected chi connectivity index (χ0v) is 5.69. The van der Waals surface area contributed by atoms with E-state index in [4.69, 9.17) is 0 Å². The van der Waals surface area contributed by atoms with Gasteiger partial charge in [0, 0.05) is 0 Å². The van der Waals surface area contributed by atoms with E-state index in [0.29, 0.717) is 14.4 Å². The van der Waals surface area contributed by atoms with Gasteiger partial charge < -0.3 is 0 Å². The van der Waals surface area contributed by atoms with Gasteiger partial charge >= 0.3 is 45.3 Å². The number of hydrogen-bond acceptors (Lipinski definition) is 3. The van der Waals surface area contributed by atoms with E-state index in [-0.39, 0.29) is 0 Å². The van der Waals surface area contributed by atoms with Crippen molar-refractivity contribution in [1.82, 2.24) is 0 Å². The van der Waals surface area contributed by atoms with E-state index >= 15 is 0 Å². The van der Waals surface area contributed by atoms with Crippen LogP contribution in [0.2, 0.25) is 0 Å². The summed E-state index contributed by atoms with van der Waals surface area (Å²) in [5.41, 5.74) is 0. The van der Waals surface area contributed by atoms with Gasteiger partial charge in [0.2, 0.25) is 0 Å². The monoisotopic (exact) mass is 280 g/mol. The zero-order valence-electron chi connectivity index (χ0n) is 3.29. The Morgan fingerprint density at radius 3 is 1.14 bits per heavy atom. The van der Waals surface area contributed by atoms with Crippen molar-refractivity contribution in [3.8, 4) is 0 Å². The van der Waals surface area contributed by atoms with Crippen molar-refractivity contribution in [1.29, 1.82) is 0 Å². The van der Waals surface area contributed by atoms with Gasteiger partial charge in [0.1, 0.15) is 0 Å². The molecule has 0 heterocycles. The minimum absolute atomic E-state index is 0.458. The van der Waals surface area contributed by atoms with Crippen molar-refractivity contribution in [2.75, 3.05) is 0 Å². The van der Waals surface area contributed by atoms with Crippen LogP contribution >= 0.6 is 0 Å². The molecule has 0 radical (unpaired) electrons. The first-order valence-electron chi connectivity index (χ1n) is 1.28. The van der Waals surface area contributed by atoms with Crippen LogP contribution in [0.25, 0.3) is 0 Å². The van der Waals surface area contributed by atoms with Crippen molar-refractivity contribution in [3.05, 3.63) is 0 Å². The van der Waals surface area contributed by atoms with Crippen molar-refractivity contribution >= 4 is 14.4 Å². The Morgan fingerprint density at radius 1 is 0.857 bits per heavy atom. The van der Waals surface area contributed by atoms with Gasteiger partial charge in [-0.1, -0.05) is 0 Å². The SMILES string of the molecule is O=[CH][Ir]([CH]=O)[CH]=O. The molecule has 0 fully saturated rings. The molecule has 0 amide bonds. The summed E-state index contributed by atoms with van der Waals surface area (Å²) in [7, 11) is 0. The molecular formula is C3H3IrO3. The van der Waals surface area contributed by atoms with E-state index in [9.17, 15) is 14.4 Å². The summed E-state index contributed by atoms with van der Waals surface area (Å²) in [5, 5.41) is 0. The number of rotatable bonds is 3. The van der Waals surface area contributed by atoms with Crippen molar-refractivity contribution in [2.45, 2.75) is 0 Å². The van der Waals surface area contributed by atoms with Crippen LogP contribution in [0.5, 0.6) is 0 Å². The summed E-state index contributed by atoms with van der Waals surface area (Å²) in [5.74, 6) is 0. The fraction of sp³-hybridized carbons (Fsp3) is 0. The number of carbonyl (C=O) groups excluding carboxylic acids is 3. The zero-order chi connectivity index (χ0) is 5.70. The molecule has 0 unspecified atom stereocenters. The Morgan fingerprint density at radius 2 is 1.14 bits per heavy atom. The molecule has 3 nitrogen and oxygen atoms in total. The molecule has 4 heteroatoms. The van der Waals surface area contributed by atoms with Crippen LogP contribution in [0, 0.1) is 0 Å². The third kappa shape index (κ3) is 2.37. The second-order valence-electron chi connectivity index (χ2n) is 0.569. The molecule has 0 aromatic heterocycles. The summed E-state index contributed by atoms with van der Waals surface area (Å²) >= 11 is -2.44. The Balaban J connectivity index is 3.57. The van der Waals surface area contributed by atoms with E-state index in [1.807, 2.05) is 0 Å². The Labute approximate surface area is 45.9 Å². The second-order valence-corrected chi connectivity index (χ2v) is 4.66. The summed E-state index contributed by atoms with van der Waals surface area (Å²) in [4.78, 5) is 30.1. The fourth-order valence-corrected chi connectivity index (χ4v) is 0.455. The van der Waals surface area contributed by atoms with Gasteiger partial charge in [-0.2, -0.15) is 0 Å². The maximum atomic E-state index is 9.58. The molecule has 0 saturated heterocycles. The van der Waals surface area contributed by atoms with Crippen molar-refractivity contribution in [2.24, 2.45) is 0 Å². The molecule has 0 aliphatic rings. The van der Waals surface area contributed by atoms with E-state index < -0.39 is 16.5 Å². The summed E-state index contributed by atoms with van der Waals surface area (Å²) in [6.07, 6.45) is 0. The average Bonchev–Trinajstić information content (AvgIpc) is 1.72. The summed E-state index contributed by atoms with van der Waals surface area (Å²) < 4.78 is 0. The van der Waals surface area contributed by atoms with Gasteiger partial charge in [0.15, 0.2) is 0 Å². The minimum atomic E-state index is -2.44. The Bertz CT molecular complexity index is 71.2. The molecule has 0 rings (SSSR count). The molecule has 0 spiro atoms. The molecular weight excluding hydrogens is 276 g/mol. The van der Waals surface area contributed by atoms with E-state index in [0.717, 1.165) is 0 Å². The maximum absolute atomic E-state index is 9.58.